The second-order valence-electron chi connectivity index (χ2n) is 4.96. The molecule has 0 aliphatic carbocycles. The molecule has 0 spiro atoms. The lowest BCUT2D eigenvalue weighted by atomic mass is 9.78. The summed E-state index contributed by atoms with van der Waals surface area (Å²) in [6, 6.07) is 7.68. The number of ether oxygens (including phenoxy) is 1. The number of allylic oxidation sites excluding steroid dienone is 1. The number of benzene rings is 1. The molecule has 2 N–H and O–H groups in total. The first kappa shape index (κ1) is 16.3. The molecule has 1 heterocycles. The van der Waals surface area contributed by atoms with Crippen LogP contribution >= 0.6 is 0 Å². The first-order chi connectivity index (χ1) is 11.0. The highest BCUT2D eigenvalue weighted by Crippen LogP contribution is 2.38. The van der Waals surface area contributed by atoms with Gasteiger partial charge in [0.15, 0.2) is 6.61 Å². The highest BCUT2D eigenvalue weighted by molar-refractivity contribution is 5.98. The smallest absolute Gasteiger partial charge is 0.337 e. The Labute approximate surface area is 133 Å². The van der Waals surface area contributed by atoms with Gasteiger partial charge in [0.2, 0.25) is 0 Å². The number of nitriles is 1. The number of amidine groups is 1. The molecule has 0 saturated carbocycles. The van der Waals surface area contributed by atoms with Gasteiger partial charge in [-0.1, -0.05) is 18.1 Å². The zero-order chi connectivity index (χ0) is 17.0. The average Bonchev–Trinajstić information content (AvgIpc) is 2.52. The van der Waals surface area contributed by atoms with Crippen molar-refractivity contribution in [2.75, 3.05) is 6.61 Å². The van der Waals surface area contributed by atoms with Crippen molar-refractivity contribution < 1.29 is 13.9 Å². The number of rotatable bonds is 3. The molecule has 23 heavy (non-hydrogen) atoms. The van der Waals surface area contributed by atoms with Crippen LogP contribution in [0.5, 0.6) is 0 Å². The summed E-state index contributed by atoms with van der Waals surface area (Å²) in [5.41, 5.74) is 6.75. The summed E-state index contributed by atoms with van der Waals surface area (Å²) < 4.78 is 18.5. The van der Waals surface area contributed by atoms with E-state index in [9.17, 15) is 14.4 Å². The van der Waals surface area contributed by atoms with Gasteiger partial charge in [-0.15, -0.1) is 6.42 Å². The quantitative estimate of drug-likeness (QED) is 0.682. The Bertz CT molecular complexity index is 784. The normalized spacial score (nSPS) is 20.3. The van der Waals surface area contributed by atoms with Gasteiger partial charge < -0.3 is 10.5 Å². The first-order valence-electron chi connectivity index (χ1n) is 6.80. The van der Waals surface area contributed by atoms with Crippen LogP contribution < -0.4 is 5.73 Å². The molecule has 0 radical (unpaired) electrons. The van der Waals surface area contributed by atoms with E-state index in [0.29, 0.717) is 11.3 Å². The second kappa shape index (κ2) is 6.76. The maximum Gasteiger partial charge on any atom is 0.337 e. The minimum absolute atomic E-state index is 0.0766. The van der Waals surface area contributed by atoms with E-state index < -0.39 is 23.6 Å². The van der Waals surface area contributed by atoms with Crippen molar-refractivity contribution in [2.24, 2.45) is 16.6 Å². The van der Waals surface area contributed by atoms with Crippen molar-refractivity contribution >= 4 is 11.8 Å². The molecule has 1 aliphatic rings. The SMILES string of the molecule is C#CCOC(=O)C1=C(C)N=C(N)C(C#N)C1c1cccc(F)c1. The fraction of sp³-hybridized carbons (Fsp3) is 0.235. The van der Waals surface area contributed by atoms with Crippen molar-refractivity contribution in [3.8, 4) is 18.4 Å². The number of terminal acetylenes is 1. The first-order valence-corrected chi connectivity index (χ1v) is 6.80. The molecule has 0 amide bonds. The number of aliphatic imine (C=N–C) groups is 1. The number of esters is 1. The molecule has 6 heteroatoms. The van der Waals surface area contributed by atoms with Gasteiger partial charge in [-0.05, 0) is 24.6 Å². The Kier molecular flexibility index (Phi) is 4.78. The molecule has 1 aromatic carbocycles. The van der Waals surface area contributed by atoms with E-state index >= 15 is 0 Å². The fourth-order valence-electron chi connectivity index (χ4n) is 2.55. The summed E-state index contributed by atoms with van der Waals surface area (Å²) in [6.45, 7) is 1.38. The summed E-state index contributed by atoms with van der Waals surface area (Å²) in [7, 11) is 0. The summed E-state index contributed by atoms with van der Waals surface area (Å²) in [6.07, 6.45) is 5.09. The monoisotopic (exact) mass is 311 g/mol. The van der Waals surface area contributed by atoms with Crippen molar-refractivity contribution in [1.29, 1.82) is 5.26 Å². The summed E-state index contributed by atoms with van der Waals surface area (Å²) in [5, 5.41) is 9.41. The van der Waals surface area contributed by atoms with Gasteiger partial charge in [-0.2, -0.15) is 5.26 Å². The summed E-state index contributed by atoms with van der Waals surface area (Å²) >= 11 is 0. The lowest BCUT2D eigenvalue weighted by molar-refractivity contribution is -0.138. The van der Waals surface area contributed by atoms with Crippen LogP contribution in [0.1, 0.15) is 18.4 Å². The third-order valence-corrected chi connectivity index (χ3v) is 3.50. The number of carbonyl (C=O) groups excluding carboxylic acids is 1. The Morgan fingerprint density at radius 1 is 1.57 bits per heavy atom. The van der Waals surface area contributed by atoms with E-state index in [4.69, 9.17) is 16.9 Å². The maximum atomic E-state index is 13.6. The Morgan fingerprint density at radius 2 is 2.30 bits per heavy atom. The highest BCUT2D eigenvalue weighted by Gasteiger charge is 2.38. The summed E-state index contributed by atoms with van der Waals surface area (Å²) in [5.74, 6) is -0.550. The molecule has 0 bridgehead atoms. The molecule has 116 valence electrons. The van der Waals surface area contributed by atoms with E-state index in [0.717, 1.165) is 0 Å². The molecular weight excluding hydrogens is 297 g/mol. The van der Waals surface area contributed by atoms with Crippen LogP contribution in [0.4, 0.5) is 4.39 Å². The van der Waals surface area contributed by atoms with Crippen LogP contribution in [0.3, 0.4) is 0 Å². The van der Waals surface area contributed by atoms with Crippen LogP contribution in [-0.4, -0.2) is 18.4 Å². The Morgan fingerprint density at radius 3 is 2.91 bits per heavy atom. The van der Waals surface area contributed by atoms with Gasteiger partial charge in [0.25, 0.3) is 0 Å². The summed E-state index contributed by atoms with van der Waals surface area (Å²) in [4.78, 5) is 16.4. The number of hydrogen-bond acceptors (Lipinski definition) is 5. The topological polar surface area (TPSA) is 88.5 Å². The fourth-order valence-corrected chi connectivity index (χ4v) is 2.55. The van der Waals surface area contributed by atoms with Crippen molar-refractivity contribution in [3.05, 3.63) is 46.9 Å². The van der Waals surface area contributed by atoms with Crippen molar-refractivity contribution in [2.45, 2.75) is 12.8 Å². The molecular formula is C17H14FN3O2. The van der Waals surface area contributed by atoms with E-state index in [1.54, 1.807) is 13.0 Å². The second-order valence-corrected chi connectivity index (χ2v) is 4.96. The predicted molar refractivity (Wildman–Crippen MR) is 82.4 cm³/mol. The third kappa shape index (κ3) is 3.22. The van der Waals surface area contributed by atoms with Crippen LogP contribution in [0.15, 0.2) is 40.5 Å². The number of halogens is 1. The molecule has 2 rings (SSSR count). The van der Waals surface area contributed by atoms with Crippen LogP contribution in [0, 0.1) is 35.4 Å². The Balaban J connectivity index is 2.57. The third-order valence-electron chi connectivity index (χ3n) is 3.50. The van der Waals surface area contributed by atoms with Gasteiger partial charge in [0.1, 0.15) is 17.6 Å². The lowest BCUT2D eigenvalue weighted by Crippen LogP contribution is -2.35. The molecule has 2 unspecified atom stereocenters. The largest absolute Gasteiger partial charge is 0.449 e. The maximum absolute atomic E-state index is 13.6. The minimum atomic E-state index is -0.895. The zero-order valence-electron chi connectivity index (χ0n) is 12.4. The van der Waals surface area contributed by atoms with E-state index in [2.05, 4.69) is 10.9 Å². The molecule has 5 nitrogen and oxygen atoms in total. The van der Waals surface area contributed by atoms with Gasteiger partial charge in [-0.3, -0.25) is 0 Å². The van der Waals surface area contributed by atoms with Gasteiger partial charge in [-0.25, -0.2) is 14.2 Å². The number of nitrogens with zero attached hydrogens (tertiary/aromatic N) is 2. The van der Waals surface area contributed by atoms with Crippen molar-refractivity contribution in [1.82, 2.24) is 0 Å². The van der Waals surface area contributed by atoms with Gasteiger partial charge >= 0.3 is 5.97 Å². The number of carbonyl (C=O) groups is 1. The molecule has 0 aromatic heterocycles. The Hall–Kier alpha value is -3.12. The lowest BCUT2D eigenvalue weighted by Gasteiger charge is -2.28. The zero-order valence-corrected chi connectivity index (χ0v) is 12.4. The van der Waals surface area contributed by atoms with E-state index in [-0.39, 0.29) is 18.0 Å². The van der Waals surface area contributed by atoms with Gasteiger partial charge in [0, 0.05) is 5.92 Å². The molecule has 1 aliphatic heterocycles. The standard InChI is InChI=1S/C17H14FN3O2/c1-3-7-23-17(22)14-10(2)21-16(20)13(9-19)15(14)11-5-4-6-12(18)8-11/h1,4-6,8,13,15H,7H2,2H3,(H2,20,21). The van der Waals surface area contributed by atoms with E-state index in [1.165, 1.54) is 18.2 Å². The van der Waals surface area contributed by atoms with Crippen LogP contribution in [0.25, 0.3) is 0 Å². The van der Waals surface area contributed by atoms with Crippen LogP contribution in [0.2, 0.25) is 0 Å². The number of nitrogens with two attached hydrogens (primary N) is 1. The molecule has 0 saturated heterocycles. The average molecular weight is 311 g/mol. The highest BCUT2D eigenvalue weighted by atomic mass is 19.1. The molecule has 2 atom stereocenters. The minimum Gasteiger partial charge on any atom is -0.449 e. The predicted octanol–water partition coefficient (Wildman–Crippen LogP) is 1.87. The molecule has 1 aromatic rings. The van der Waals surface area contributed by atoms with Crippen molar-refractivity contribution in [3.63, 3.8) is 0 Å². The van der Waals surface area contributed by atoms with E-state index in [1.807, 2.05) is 6.07 Å². The molecule has 0 fully saturated rings. The van der Waals surface area contributed by atoms with Crippen LogP contribution in [-0.2, 0) is 9.53 Å². The van der Waals surface area contributed by atoms with Gasteiger partial charge in [0.05, 0.1) is 17.3 Å². The number of hydrogen-bond donors (Lipinski definition) is 1.